The van der Waals surface area contributed by atoms with Crippen molar-refractivity contribution >= 4 is 10.1 Å². The van der Waals surface area contributed by atoms with Crippen LogP contribution in [0.3, 0.4) is 0 Å². The van der Waals surface area contributed by atoms with Crippen LogP contribution in [-0.4, -0.2) is 21.3 Å². The fraction of sp³-hybridized carbons (Fsp3) is 0.455. The summed E-state index contributed by atoms with van der Waals surface area (Å²) in [5, 5.41) is 0. The molecule has 1 aromatic carbocycles. The summed E-state index contributed by atoms with van der Waals surface area (Å²) in [6.45, 7) is 2.38. The summed E-state index contributed by atoms with van der Waals surface area (Å²) in [5.74, 6) is 0.721. The number of fused-ring (bicyclic) bond motifs is 1. The highest BCUT2D eigenvalue weighted by Gasteiger charge is 2.31. The molecule has 1 heterocycles. The van der Waals surface area contributed by atoms with E-state index in [1.165, 1.54) is 0 Å². The van der Waals surface area contributed by atoms with Crippen molar-refractivity contribution < 1.29 is 17.3 Å². The van der Waals surface area contributed by atoms with Crippen molar-refractivity contribution in [2.45, 2.75) is 13.0 Å². The Balaban J connectivity index is 2.37. The van der Waals surface area contributed by atoms with Crippen LogP contribution in [-0.2, 0) is 14.3 Å². The minimum absolute atomic E-state index is 0.0182. The molecule has 4 nitrogen and oxygen atoms in total. The normalized spacial score (nSPS) is 24.6. The molecule has 2 rings (SSSR count). The monoisotopic (exact) mass is 242 g/mol. The molecular weight excluding hydrogens is 228 g/mol. The average Bonchev–Trinajstić information content (AvgIpc) is 2.21. The van der Waals surface area contributed by atoms with Gasteiger partial charge in [-0.15, -0.1) is 0 Å². The standard InChI is InChI=1S/C11H14O4S/c1-8-7-14-10-6-4-3-5-9(10)11(8)15-16(2,12)13/h3-6,8,11H,7H2,1-2H3. The van der Waals surface area contributed by atoms with E-state index in [1.807, 2.05) is 31.2 Å². The van der Waals surface area contributed by atoms with E-state index in [0.29, 0.717) is 12.4 Å². The Morgan fingerprint density at radius 1 is 1.38 bits per heavy atom. The highest BCUT2D eigenvalue weighted by Crippen LogP contribution is 2.38. The third-order valence-corrected chi connectivity index (χ3v) is 3.08. The van der Waals surface area contributed by atoms with Gasteiger partial charge in [0.2, 0.25) is 0 Å². The van der Waals surface area contributed by atoms with Gasteiger partial charge in [0.25, 0.3) is 10.1 Å². The quantitative estimate of drug-likeness (QED) is 0.741. The van der Waals surface area contributed by atoms with E-state index in [1.54, 1.807) is 0 Å². The minimum Gasteiger partial charge on any atom is -0.493 e. The number of hydrogen-bond donors (Lipinski definition) is 0. The van der Waals surface area contributed by atoms with E-state index in [-0.39, 0.29) is 5.92 Å². The van der Waals surface area contributed by atoms with Crippen LogP contribution in [0.4, 0.5) is 0 Å². The zero-order valence-corrected chi connectivity index (χ0v) is 10.0. The van der Waals surface area contributed by atoms with Crippen LogP contribution >= 0.6 is 0 Å². The van der Waals surface area contributed by atoms with E-state index in [0.717, 1.165) is 11.8 Å². The fourth-order valence-electron chi connectivity index (χ4n) is 1.80. The molecule has 0 amide bonds. The lowest BCUT2D eigenvalue weighted by molar-refractivity contribution is 0.0859. The first-order valence-corrected chi connectivity index (χ1v) is 6.89. The first-order valence-electron chi connectivity index (χ1n) is 5.07. The smallest absolute Gasteiger partial charge is 0.264 e. The molecule has 1 aliphatic rings. The Bertz CT molecular complexity index is 481. The van der Waals surface area contributed by atoms with E-state index >= 15 is 0 Å². The zero-order valence-electron chi connectivity index (χ0n) is 9.21. The van der Waals surface area contributed by atoms with Crippen LogP contribution in [0.5, 0.6) is 5.75 Å². The second kappa shape index (κ2) is 4.07. The number of benzene rings is 1. The van der Waals surface area contributed by atoms with Gasteiger partial charge in [-0.05, 0) is 6.07 Å². The van der Waals surface area contributed by atoms with Gasteiger partial charge in [-0.2, -0.15) is 8.42 Å². The summed E-state index contributed by atoms with van der Waals surface area (Å²) in [6.07, 6.45) is 0.623. The summed E-state index contributed by atoms with van der Waals surface area (Å²) in [7, 11) is -3.45. The topological polar surface area (TPSA) is 52.6 Å². The lowest BCUT2D eigenvalue weighted by Crippen LogP contribution is -2.27. The summed E-state index contributed by atoms with van der Waals surface area (Å²) < 4.78 is 33.0. The van der Waals surface area contributed by atoms with Crippen molar-refractivity contribution in [3.63, 3.8) is 0 Å². The number of rotatable bonds is 2. The molecule has 0 saturated heterocycles. The van der Waals surface area contributed by atoms with Crippen LogP contribution in [0, 0.1) is 5.92 Å². The van der Waals surface area contributed by atoms with Crippen LogP contribution < -0.4 is 4.74 Å². The third kappa shape index (κ3) is 2.36. The summed E-state index contributed by atoms with van der Waals surface area (Å²) in [5.41, 5.74) is 0.798. The van der Waals surface area contributed by atoms with Crippen molar-refractivity contribution in [2.75, 3.05) is 12.9 Å². The van der Waals surface area contributed by atoms with Crippen molar-refractivity contribution in [2.24, 2.45) is 5.92 Å². The van der Waals surface area contributed by atoms with Crippen molar-refractivity contribution in [1.82, 2.24) is 0 Å². The first-order chi connectivity index (χ1) is 7.47. The highest BCUT2D eigenvalue weighted by molar-refractivity contribution is 7.86. The summed E-state index contributed by atoms with van der Waals surface area (Å²) >= 11 is 0. The number of ether oxygens (including phenoxy) is 1. The van der Waals surface area contributed by atoms with Crippen LogP contribution in [0.1, 0.15) is 18.6 Å². The molecule has 2 atom stereocenters. The molecule has 16 heavy (non-hydrogen) atoms. The molecule has 1 aliphatic heterocycles. The SMILES string of the molecule is CC1COc2ccccc2C1OS(C)(=O)=O. The molecule has 0 saturated carbocycles. The zero-order chi connectivity index (χ0) is 11.8. The molecular formula is C11H14O4S. The van der Waals surface area contributed by atoms with Gasteiger partial charge in [-0.3, -0.25) is 4.18 Å². The summed E-state index contributed by atoms with van der Waals surface area (Å²) in [6, 6.07) is 7.35. The second-order valence-electron chi connectivity index (χ2n) is 4.05. The Labute approximate surface area is 95.3 Å². The molecule has 1 aromatic rings. The highest BCUT2D eigenvalue weighted by atomic mass is 32.2. The lowest BCUT2D eigenvalue weighted by atomic mass is 9.95. The van der Waals surface area contributed by atoms with Crippen LogP contribution in [0.15, 0.2) is 24.3 Å². The average molecular weight is 242 g/mol. The maximum absolute atomic E-state index is 11.2. The predicted octanol–water partition coefficient (Wildman–Crippen LogP) is 1.73. The molecule has 0 spiro atoms. The first kappa shape index (κ1) is 11.4. The fourth-order valence-corrected chi connectivity index (χ4v) is 2.47. The van der Waals surface area contributed by atoms with E-state index < -0.39 is 16.2 Å². The molecule has 88 valence electrons. The van der Waals surface area contributed by atoms with E-state index in [9.17, 15) is 8.42 Å². The van der Waals surface area contributed by atoms with E-state index in [4.69, 9.17) is 8.92 Å². The summed E-state index contributed by atoms with van der Waals surface area (Å²) in [4.78, 5) is 0. The lowest BCUT2D eigenvalue weighted by Gasteiger charge is -2.30. The Morgan fingerprint density at radius 3 is 2.75 bits per heavy atom. The largest absolute Gasteiger partial charge is 0.493 e. The maximum atomic E-state index is 11.2. The van der Waals surface area contributed by atoms with Crippen molar-refractivity contribution in [3.05, 3.63) is 29.8 Å². The Kier molecular flexibility index (Phi) is 2.90. The number of para-hydroxylation sites is 1. The number of hydrogen-bond acceptors (Lipinski definition) is 4. The second-order valence-corrected chi connectivity index (χ2v) is 5.65. The minimum atomic E-state index is -3.45. The molecule has 0 N–H and O–H groups in total. The van der Waals surface area contributed by atoms with Gasteiger partial charge in [-0.25, -0.2) is 0 Å². The molecule has 0 bridgehead atoms. The molecule has 0 aromatic heterocycles. The molecule has 2 unspecified atom stereocenters. The molecule has 0 radical (unpaired) electrons. The molecule has 0 fully saturated rings. The van der Waals surface area contributed by atoms with E-state index in [2.05, 4.69) is 0 Å². The predicted molar refractivity (Wildman–Crippen MR) is 59.8 cm³/mol. The van der Waals surface area contributed by atoms with Crippen LogP contribution in [0.2, 0.25) is 0 Å². The van der Waals surface area contributed by atoms with Crippen LogP contribution in [0.25, 0.3) is 0 Å². The van der Waals surface area contributed by atoms with Gasteiger partial charge in [0, 0.05) is 11.5 Å². The molecule has 0 aliphatic carbocycles. The van der Waals surface area contributed by atoms with Gasteiger partial charge < -0.3 is 4.74 Å². The Morgan fingerprint density at radius 2 is 2.06 bits per heavy atom. The van der Waals surface area contributed by atoms with Gasteiger partial charge in [0.1, 0.15) is 11.9 Å². The van der Waals surface area contributed by atoms with Gasteiger partial charge >= 0.3 is 0 Å². The van der Waals surface area contributed by atoms with Gasteiger partial charge in [-0.1, -0.05) is 25.1 Å². The third-order valence-electron chi connectivity index (χ3n) is 2.52. The maximum Gasteiger partial charge on any atom is 0.264 e. The Hall–Kier alpha value is -1.07. The molecule has 5 heteroatoms. The van der Waals surface area contributed by atoms with Crippen molar-refractivity contribution in [3.8, 4) is 5.75 Å². The van der Waals surface area contributed by atoms with Gasteiger partial charge in [0.15, 0.2) is 0 Å². The van der Waals surface area contributed by atoms with Gasteiger partial charge in [0.05, 0.1) is 12.9 Å². The van der Waals surface area contributed by atoms with Crippen molar-refractivity contribution in [1.29, 1.82) is 0 Å².